The first-order chi connectivity index (χ1) is 9.61. The maximum Gasteiger partial charge on any atom is 0.343 e. The Morgan fingerprint density at radius 3 is 2.75 bits per heavy atom. The van der Waals surface area contributed by atoms with E-state index in [-0.39, 0.29) is 16.2 Å². The Morgan fingerprint density at radius 2 is 2.15 bits per heavy atom. The standard InChI is InChI=1S/C13H10Cl2N2O3/c1-19-13(18)9-10(17-20-11(9)6-2-3-6)7-4-5-8(14)16-12(7)15/h4-6H,2-3H2,1H3. The van der Waals surface area contributed by atoms with Gasteiger partial charge in [-0.15, -0.1) is 0 Å². The molecule has 0 bridgehead atoms. The summed E-state index contributed by atoms with van der Waals surface area (Å²) in [6, 6.07) is 3.23. The summed E-state index contributed by atoms with van der Waals surface area (Å²) >= 11 is 11.8. The molecule has 1 fully saturated rings. The highest BCUT2D eigenvalue weighted by Crippen LogP contribution is 2.44. The first-order valence-electron chi connectivity index (χ1n) is 6.02. The van der Waals surface area contributed by atoms with E-state index >= 15 is 0 Å². The molecule has 0 amide bonds. The summed E-state index contributed by atoms with van der Waals surface area (Å²) in [6.07, 6.45) is 1.95. The molecule has 7 heteroatoms. The van der Waals surface area contributed by atoms with E-state index in [1.807, 2.05) is 0 Å². The maximum atomic E-state index is 12.0. The van der Waals surface area contributed by atoms with Crippen LogP contribution in [0.2, 0.25) is 10.3 Å². The summed E-state index contributed by atoms with van der Waals surface area (Å²) in [7, 11) is 1.32. The Kier molecular flexibility index (Phi) is 3.40. The molecule has 0 unspecified atom stereocenters. The van der Waals surface area contributed by atoms with E-state index in [9.17, 15) is 4.79 Å². The minimum atomic E-state index is -0.492. The first-order valence-corrected chi connectivity index (χ1v) is 6.77. The van der Waals surface area contributed by atoms with E-state index < -0.39 is 5.97 Å². The fourth-order valence-corrected chi connectivity index (χ4v) is 2.43. The number of methoxy groups -OCH3 is 1. The van der Waals surface area contributed by atoms with Crippen LogP contribution in [0.5, 0.6) is 0 Å². The quantitative estimate of drug-likeness (QED) is 0.638. The molecule has 1 aliphatic rings. The van der Waals surface area contributed by atoms with Crippen LogP contribution >= 0.6 is 23.2 Å². The van der Waals surface area contributed by atoms with Gasteiger partial charge in [0.15, 0.2) is 5.76 Å². The molecular formula is C13H10Cl2N2O3. The van der Waals surface area contributed by atoms with Crippen molar-refractivity contribution in [3.63, 3.8) is 0 Å². The molecule has 2 aromatic heterocycles. The molecule has 20 heavy (non-hydrogen) atoms. The van der Waals surface area contributed by atoms with Crippen molar-refractivity contribution >= 4 is 29.2 Å². The Labute approximate surface area is 124 Å². The van der Waals surface area contributed by atoms with Crippen molar-refractivity contribution in [2.24, 2.45) is 0 Å². The summed E-state index contributed by atoms with van der Waals surface area (Å²) in [4.78, 5) is 15.9. The monoisotopic (exact) mass is 312 g/mol. The highest BCUT2D eigenvalue weighted by Gasteiger charge is 2.36. The molecule has 3 rings (SSSR count). The second kappa shape index (κ2) is 5.07. The number of hydrogen-bond acceptors (Lipinski definition) is 5. The fourth-order valence-electron chi connectivity index (χ4n) is 2.00. The van der Waals surface area contributed by atoms with Gasteiger partial charge in [-0.3, -0.25) is 0 Å². The molecule has 2 aromatic rings. The number of esters is 1. The lowest BCUT2D eigenvalue weighted by Crippen LogP contribution is -2.05. The van der Waals surface area contributed by atoms with Crippen molar-refractivity contribution < 1.29 is 14.1 Å². The van der Waals surface area contributed by atoms with Crippen molar-refractivity contribution in [1.82, 2.24) is 10.1 Å². The molecule has 0 atom stereocenters. The van der Waals surface area contributed by atoms with Gasteiger partial charge in [0.1, 0.15) is 21.6 Å². The Bertz CT molecular complexity index is 680. The van der Waals surface area contributed by atoms with Crippen LogP contribution < -0.4 is 0 Å². The van der Waals surface area contributed by atoms with Crippen LogP contribution in [-0.4, -0.2) is 23.2 Å². The highest BCUT2D eigenvalue weighted by atomic mass is 35.5. The number of ether oxygens (including phenoxy) is 1. The summed E-state index contributed by atoms with van der Waals surface area (Å²) in [6.45, 7) is 0. The van der Waals surface area contributed by atoms with Gasteiger partial charge in [0.2, 0.25) is 0 Å². The van der Waals surface area contributed by atoms with Gasteiger partial charge < -0.3 is 9.26 Å². The predicted octanol–water partition coefficient (Wildman–Crippen LogP) is 3.71. The molecule has 0 spiro atoms. The van der Waals surface area contributed by atoms with Gasteiger partial charge >= 0.3 is 5.97 Å². The average Bonchev–Trinajstić information content (AvgIpc) is 3.18. The number of carbonyl (C=O) groups is 1. The van der Waals surface area contributed by atoms with Gasteiger partial charge in [0.25, 0.3) is 0 Å². The average molecular weight is 313 g/mol. The second-order valence-electron chi connectivity index (χ2n) is 4.51. The van der Waals surface area contributed by atoms with Gasteiger partial charge in [-0.25, -0.2) is 9.78 Å². The number of aromatic nitrogens is 2. The van der Waals surface area contributed by atoms with Gasteiger partial charge in [0, 0.05) is 11.5 Å². The smallest absolute Gasteiger partial charge is 0.343 e. The predicted molar refractivity (Wildman–Crippen MR) is 73.1 cm³/mol. The normalized spacial score (nSPS) is 14.3. The Morgan fingerprint density at radius 1 is 1.40 bits per heavy atom. The lowest BCUT2D eigenvalue weighted by molar-refractivity contribution is 0.0599. The minimum absolute atomic E-state index is 0.165. The number of pyridine rings is 1. The molecular weight excluding hydrogens is 303 g/mol. The van der Waals surface area contributed by atoms with Crippen molar-refractivity contribution in [3.8, 4) is 11.3 Å². The molecule has 1 aliphatic carbocycles. The summed E-state index contributed by atoms with van der Waals surface area (Å²) in [5.74, 6) is 0.288. The molecule has 0 radical (unpaired) electrons. The van der Waals surface area contributed by atoms with E-state index in [0.29, 0.717) is 22.6 Å². The third kappa shape index (κ3) is 2.27. The zero-order chi connectivity index (χ0) is 14.3. The summed E-state index contributed by atoms with van der Waals surface area (Å²) in [5.41, 5.74) is 1.15. The van der Waals surface area contributed by atoms with Crippen molar-refractivity contribution in [3.05, 3.63) is 33.8 Å². The summed E-state index contributed by atoms with van der Waals surface area (Å²) in [5, 5.41) is 4.40. The number of carbonyl (C=O) groups excluding carboxylic acids is 1. The van der Waals surface area contributed by atoms with Crippen LogP contribution in [0.25, 0.3) is 11.3 Å². The van der Waals surface area contributed by atoms with Crippen LogP contribution in [0, 0.1) is 0 Å². The lowest BCUT2D eigenvalue weighted by Gasteiger charge is -2.03. The van der Waals surface area contributed by atoms with Crippen molar-refractivity contribution in [2.75, 3.05) is 7.11 Å². The van der Waals surface area contributed by atoms with E-state index in [1.54, 1.807) is 12.1 Å². The fraction of sp³-hybridized carbons (Fsp3) is 0.308. The molecule has 0 aromatic carbocycles. The third-order valence-corrected chi connectivity index (χ3v) is 3.62. The van der Waals surface area contributed by atoms with E-state index in [2.05, 4.69) is 10.1 Å². The maximum absolute atomic E-state index is 12.0. The van der Waals surface area contributed by atoms with Crippen molar-refractivity contribution in [1.29, 1.82) is 0 Å². The zero-order valence-corrected chi connectivity index (χ0v) is 12.0. The molecule has 0 N–H and O–H groups in total. The van der Waals surface area contributed by atoms with Crippen LogP contribution in [0.15, 0.2) is 16.7 Å². The Balaban J connectivity index is 2.15. The number of nitrogens with zero attached hydrogens (tertiary/aromatic N) is 2. The van der Waals surface area contributed by atoms with Gasteiger partial charge in [-0.05, 0) is 25.0 Å². The van der Waals surface area contributed by atoms with Gasteiger partial charge in [-0.1, -0.05) is 28.4 Å². The summed E-state index contributed by atoms with van der Waals surface area (Å²) < 4.78 is 10.1. The molecule has 104 valence electrons. The highest BCUT2D eigenvalue weighted by molar-refractivity contribution is 6.34. The molecule has 5 nitrogen and oxygen atoms in total. The molecule has 2 heterocycles. The van der Waals surface area contributed by atoms with Crippen LogP contribution in [0.4, 0.5) is 0 Å². The van der Waals surface area contributed by atoms with E-state index in [1.165, 1.54) is 7.11 Å². The van der Waals surface area contributed by atoms with Gasteiger partial charge in [-0.2, -0.15) is 0 Å². The second-order valence-corrected chi connectivity index (χ2v) is 5.25. The zero-order valence-electron chi connectivity index (χ0n) is 10.5. The largest absolute Gasteiger partial charge is 0.465 e. The van der Waals surface area contributed by atoms with Gasteiger partial charge in [0.05, 0.1) is 7.11 Å². The van der Waals surface area contributed by atoms with E-state index in [0.717, 1.165) is 12.8 Å². The molecule has 0 aliphatic heterocycles. The van der Waals surface area contributed by atoms with Crippen LogP contribution in [-0.2, 0) is 4.74 Å². The SMILES string of the molecule is COC(=O)c1c(-c2ccc(Cl)nc2Cl)noc1C1CC1. The Hall–Kier alpha value is -1.59. The minimum Gasteiger partial charge on any atom is -0.465 e. The topological polar surface area (TPSA) is 65.2 Å². The number of hydrogen-bond donors (Lipinski definition) is 0. The van der Waals surface area contributed by atoms with Crippen LogP contribution in [0.1, 0.15) is 34.9 Å². The lowest BCUT2D eigenvalue weighted by atomic mass is 10.1. The number of halogens is 2. The van der Waals surface area contributed by atoms with Crippen molar-refractivity contribution in [2.45, 2.75) is 18.8 Å². The third-order valence-electron chi connectivity index (χ3n) is 3.13. The van der Waals surface area contributed by atoms with E-state index in [4.69, 9.17) is 32.5 Å². The van der Waals surface area contributed by atoms with Crippen LogP contribution in [0.3, 0.4) is 0 Å². The first kappa shape index (κ1) is 13.4. The molecule has 1 saturated carbocycles. The molecule has 0 saturated heterocycles. The number of rotatable bonds is 3.